The Kier molecular flexibility index (Phi) is 18.9. The molecule has 0 unspecified atom stereocenters. The lowest BCUT2D eigenvalue weighted by atomic mass is 9.84. The first kappa shape index (κ1) is 60.3. The van der Waals surface area contributed by atoms with Gasteiger partial charge in [0.15, 0.2) is 0 Å². The monoisotopic (exact) mass is 1140 g/mol. The zero-order valence-corrected chi connectivity index (χ0v) is 53.5. The molecule has 0 fully saturated rings. The van der Waals surface area contributed by atoms with Gasteiger partial charge in [-0.25, -0.2) is 0 Å². The SMILES string of the molecule is C1=Cc2c(c3c2cc2ccc4cccc5ccc3c2c45)C1.C1=Cc2c(c3c2cc2ccc4cccc5ccc3c2c45)C1.CC.CC.CC.CC1=CC=CC1.CC1=CC=CC1.CC1=CC=CC1.CC1=CC=CC1.c1cc2ccc3cccc4ccc(c1)c2c34. The Hall–Kier alpha value is -9.36. The summed E-state index contributed by atoms with van der Waals surface area (Å²) in [6.07, 6.45) is 41.6. The van der Waals surface area contributed by atoms with E-state index in [9.17, 15) is 0 Å². The van der Waals surface area contributed by atoms with E-state index in [0.717, 1.165) is 12.8 Å². The van der Waals surface area contributed by atoms with Crippen molar-refractivity contribution in [3.05, 3.63) is 287 Å². The zero-order valence-electron chi connectivity index (χ0n) is 53.5. The summed E-state index contributed by atoms with van der Waals surface area (Å²) in [4.78, 5) is 0. The lowest BCUT2D eigenvalue weighted by Gasteiger charge is -2.19. The third-order valence-electron chi connectivity index (χ3n) is 17.6. The van der Waals surface area contributed by atoms with Crippen LogP contribution in [0.25, 0.3) is 131 Å². The molecule has 14 aromatic carbocycles. The van der Waals surface area contributed by atoms with Crippen LogP contribution < -0.4 is 0 Å². The maximum atomic E-state index is 2.39. The molecule has 0 aliphatic heterocycles. The molecule has 0 bridgehead atoms. The fourth-order valence-electron chi connectivity index (χ4n) is 13.4. The van der Waals surface area contributed by atoms with Crippen LogP contribution in [0, 0.1) is 0 Å². The van der Waals surface area contributed by atoms with Crippen molar-refractivity contribution in [1.29, 1.82) is 0 Å². The van der Waals surface area contributed by atoms with Crippen molar-refractivity contribution in [2.75, 3.05) is 0 Å². The van der Waals surface area contributed by atoms with Crippen molar-refractivity contribution >= 4 is 131 Å². The fourth-order valence-corrected chi connectivity index (χ4v) is 13.4. The second-order valence-corrected chi connectivity index (χ2v) is 23.2. The Morgan fingerprint density at radius 3 is 0.716 bits per heavy atom. The second kappa shape index (κ2) is 27.6. The summed E-state index contributed by atoms with van der Waals surface area (Å²) in [7, 11) is 0. The highest BCUT2D eigenvalue weighted by atomic mass is 14.3. The molecule has 0 heteroatoms. The van der Waals surface area contributed by atoms with Gasteiger partial charge in [0.1, 0.15) is 0 Å². The van der Waals surface area contributed by atoms with E-state index < -0.39 is 0 Å². The van der Waals surface area contributed by atoms with Crippen molar-refractivity contribution in [3.63, 3.8) is 0 Å². The molecule has 0 atom stereocenters. The molecular formula is C88H84. The van der Waals surface area contributed by atoms with Crippen LogP contribution in [0.2, 0.25) is 0 Å². The minimum atomic E-state index is 1.10. The van der Waals surface area contributed by atoms with Crippen LogP contribution in [0.3, 0.4) is 0 Å². The number of rotatable bonds is 0. The van der Waals surface area contributed by atoms with Gasteiger partial charge in [-0.1, -0.05) is 307 Å². The van der Waals surface area contributed by atoms with Crippen molar-refractivity contribution < 1.29 is 0 Å². The van der Waals surface area contributed by atoms with E-state index in [-0.39, 0.29) is 0 Å². The maximum absolute atomic E-state index is 2.39. The zero-order chi connectivity index (χ0) is 61.3. The lowest BCUT2D eigenvalue weighted by Crippen LogP contribution is -1.95. The predicted molar refractivity (Wildman–Crippen MR) is 397 cm³/mol. The molecule has 436 valence electrons. The lowest BCUT2D eigenvalue weighted by molar-refractivity contribution is 1.25. The van der Waals surface area contributed by atoms with Gasteiger partial charge in [-0.2, -0.15) is 0 Å². The molecule has 14 aromatic rings. The molecule has 6 aliphatic carbocycles. The predicted octanol–water partition coefficient (Wildman–Crippen LogP) is 26.7. The van der Waals surface area contributed by atoms with Crippen molar-refractivity contribution in [1.82, 2.24) is 0 Å². The summed E-state index contributed by atoms with van der Waals surface area (Å²) >= 11 is 0. The highest BCUT2D eigenvalue weighted by Gasteiger charge is 2.24. The molecular weight excluding hydrogens is 1060 g/mol. The molecule has 0 aromatic heterocycles. The highest BCUT2D eigenvalue weighted by Crippen LogP contribution is 2.48. The molecule has 0 amide bonds. The van der Waals surface area contributed by atoms with E-state index in [4.69, 9.17) is 0 Å². The van der Waals surface area contributed by atoms with Gasteiger partial charge in [0.25, 0.3) is 0 Å². The molecule has 0 saturated carbocycles. The van der Waals surface area contributed by atoms with E-state index in [1.165, 1.54) is 178 Å². The summed E-state index contributed by atoms with van der Waals surface area (Å²) in [5.41, 5.74) is 11.9. The van der Waals surface area contributed by atoms with E-state index in [1.807, 2.05) is 41.5 Å². The molecule has 88 heavy (non-hydrogen) atoms. The highest BCUT2D eigenvalue weighted by molar-refractivity contribution is 6.33. The van der Waals surface area contributed by atoms with Gasteiger partial charge in [0.05, 0.1) is 0 Å². The largest absolute Gasteiger partial charge is 0.0805 e. The molecule has 0 N–H and O–H groups in total. The summed E-state index contributed by atoms with van der Waals surface area (Å²) in [6, 6.07) is 58.1. The Bertz CT molecular complexity index is 4580. The number of benzene rings is 12. The van der Waals surface area contributed by atoms with Crippen LogP contribution in [0.15, 0.2) is 265 Å². The van der Waals surface area contributed by atoms with Gasteiger partial charge >= 0.3 is 0 Å². The number of hydrogen-bond donors (Lipinski definition) is 0. The molecule has 0 spiro atoms. The van der Waals surface area contributed by atoms with Crippen LogP contribution in [0.4, 0.5) is 0 Å². The molecule has 0 saturated heterocycles. The molecule has 0 heterocycles. The Morgan fingerprint density at radius 2 is 0.477 bits per heavy atom. The first-order valence-electron chi connectivity index (χ1n) is 32.5. The van der Waals surface area contributed by atoms with Crippen LogP contribution in [-0.2, 0) is 12.8 Å². The van der Waals surface area contributed by atoms with E-state index in [0.29, 0.717) is 0 Å². The average molecular weight is 1140 g/mol. The first-order valence-corrected chi connectivity index (χ1v) is 32.5. The molecule has 0 nitrogen and oxygen atoms in total. The number of fused-ring (bicyclic) bond motifs is 10. The van der Waals surface area contributed by atoms with Crippen LogP contribution >= 0.6 is 0 Å². The van der Waals surface area contributed by atoms with Gasteiger partial charge in [0.2, 0.25) is 0 Å². The van der Waals surface area contributed by atoms with Crippen molar-refractivity contribution in [3.8, 4) is 0 Å². The Balaban J connectivity index is 0.000000112. The van der Waals surface area contributed by atoms with E-state index in [2.05, 4.69) is 283 Å². The number of hydrogen-bond acceptors (Lipinski definition) is 0. The van der Waals surface area contributed by atoms with Crippen molar-refractivity contribution in [2.24, 2.45) is 0 Å². The normalized spacial score (nSPS) is 14.2. The van der Waals surface area contributed by atoms with E-state index >= 15 is 0 Å². The molecule has 20 rings (SSSR count). The van der Waals surface area contributed by atoms with E-state index in [1.54, 1.807) is 11.1 Å². The van der Waals surface area contributed by atoms with Gasteiger partial charge in [0, 0.05) is 0 Å². The first-order chi connectivity index (χ1) is 43.3. The summed E-state index contributed by atoms with van der Waals surface area (Å²) in [5, 5.41) is 30.8. The maximum Gasteiger partial charge on any atom is -0.00202 e. The van der Waals surface area contributed by atoms with Gasteiger partial charge < -0.3 is 0 Å². The number of allylic oxidation sites excluding steroid dienone is 18. The molecule has 0 radical (unpaired) electrons. The smallest absolute Gasteiger partial charge is 0.00202 e. The average Bonchev–Trinajstić information content (AvgIpc) is 1.10. The fraction of sp³-hybridized carbons (Fsp3) is 0.182. The van der Waals surface area contributed by atoms with Crippen LogP contribution in [-0.4, -0.2) is 0 Å². The quantitative estimate of drug-likeness (QED) is 0.133. The third kappa shape index (κ3) is 11.8. The van der Waals surface area contributed by atoms with Crippen molar-refractivity contribution in [2.45, 2.75) is 108 Å². The minimum absolute atomic E-state index is 1.10. The van der Waals surface area contributed by atoms with Crippen LogP contribution in [0.1, 0.15) is 117 Å². The Labute approximate surface area is 522 Å². The minimum Gasteiger partial charge on any atom is -0.0805 e. The topological polar surface area (TPSA) is 0 Å². The molecule has 6 aliphatic rings. The van der Waals surface area contributed by atoms with Gasteiger partial charge in [-0.05, 0) is 219 Å². The standard InChI is InChI=1S/2C21H12.C16H10.4C6H8.3C2H6/c2*1-3-12-7-8-14-11-18-15-5-2-6-16(15)21(18)17-10-9-13(4-1)19(12)20(14)17;1-3-11-7-9-13-5-2-6-14-10-8-12(4-1)15(11)16(13)14;4*1-6-4-2-3-5-6;3*1-2/h2*1-5,7-11H,6H2;1-10H;4*2-4H,5H2,1H3;3*1-2H3. The van der Waals surface area contributed by atoms with Gasteiger partial charge in [-0.3, -0.25) is 0 Å². The summed E-state index contributed by atoms with van der Waals surface area (Å²) in [6.45, 7) is 20.6. The Morgan fingerprint density at radius 1 is 0.227 bits per heavy atom. The summed E-state index contributed by atoms with van der Waals surface area (Å²) in [5.74, 6) is 0. The van der Waals surface area contributed by atoms with Crippen LogP contribution in [0.5, 0.6) is 0 Å². The second-order valence-electron chi connectivity index (χ2n) is 23.2. The summed E-state index contributed by atoms with van der Waals surface area (Å²) < 4.78 is 0. The third-order valence-corrected chi connectivity index (χ3v) is 17.6. The van der Waals surface area contributed by atoms with Gasteiger partial charge in [-0.15, -0.1) is 0 Å².